The Bertz CT molecular complexity index is 991. The van der Waals surface area contributed by atoms with Crippen molar-refractivity contribution in [3.63, 3.8) is 0 Å². The van der Waals surface area contributed by atoms with Crippen molar-refractivity contribution < 1.29 is 9.53 Å². The van der Waals surface area contributed by atoms with E-state index in [9.17, 15) is 4.79 Å². The van der Waals surface area contributed by atoms with Crippen LogP contribution in [0.2, 0.25) is 0 Å². The van der Waals surface area contributed by atoms with Crippen LogP contribution in [0.5, 0.6) is 5.75 Å². The van der Waals surface area contributed by atoms with Crippen molar-refractivity contribution in [1.29, 1.82) is 0 Å². The van der Waals surface area contributed by atoms with Crippen LogP contribution in [-0.2, 0) is 6.42 Å². The van der Waals surface area contributed by atoms with Crippen LogP contribution in [0.15, 0.2) is 60.0 Å². The minimum atomic E-state index is -0.123. The van der Waals surface area contributed by atoms with Gasteiger partial charge in [-0.05, 0) is 24.5 Å². The Kier molecular flexibility index (Phi) is 4.40. The van der Waals surface area contributed by atoms with Gasteiger partial charge in [0, 0.05) is 36.9 Å². The Morgan fingerprint density at radius 1 is 1.00 bits per heavy atom. The van der Waals surface area contributed by atoms with Gasteiger partial charge in [0.15, 0.2) is 0 Å². The van der Waals surface area contributed by atoms with Gasteiger partial charge in [0.05, 0.1) is 0 Å². The summed E-state index contributed by atoms with van der Waals surface area (Å²) in [4.78, 5) is 19.5. The monoisotopic (exact) mass is 390 g/mol. The molecular weight excluding hydrogens is 368 g/mol. The van der Waals surface area contributed by atoms with E-state index in [1.807, 2.05) is 46.7 Å². The third-order valence-electron chi connectivity index (χ3n) is 5.85. The van der Waals surface area contributed by atoms with Crippen molar-refractivity contribution in [1.82, 2.24) is 9.88 Å². The molecule has 0 aliphatic carbocycles. The molecule has 1 spiro atoms. The fourth-order valence-corrected chi connectivity index (χ4v) is 4.97. The second-order valence-corrected chi connectivity index (χ2v) is 8.45. The van der Waals surface area contributed by atoms with E-state index in [1.54, 1.807) is 0 Å². The number of aryl methyl sites for hydroxylation is 1. The number of para-hydroxylation sites is 1. The molecule has 142 valence electrons. The van der Waals surface area contributed by atoms with E-state index in [-0.39, 0.29) is 11.5 Å². The molecule has 0 N–H and O–H groups in total. The highest BCUT2D eigenvalue weighted by Crippen LogP contribution is 2.39. The second-order valence-electron chi connectivity index (χ2n) is 7.59. The minimum Gasteiger partial charge on any atom is -0.487 e. The second kappa shape index (κ2) is 7.06. The van der Waals surface area contributed by atoms with Crippen molar-refractivity contribution in [2.75, 3.05) is 13.1 Å². The van der Waals surface area contributed by atoms with E-state index in [0.29, 0.717) is 5.69 Å². The summed E-state index contributed by atoms with van der Waals surface area (Å²) < 4.78 is 6.40. The standard InChI is InChI=1S/C23H22N2O2S/c26-22(19-16-28-21(24-19)18-7-2-1-3-8-18)25-14-12-23(13-15-25)11-10-17-6-4-5-9-20(17)27-23/h1-9,16H,10-15H2. The first-order valence-corrected chi connectivity index (χ1v) is 10.7. The third kappa shape index (κ3) is 3.20. The van der Waals surface area contributed by atoms with Crippen molar-refractivity contribution >= 4 is 17.2 Å². The zero-order chi connectivity index (χ0) is 19.0. The van der Waals surface area contributed by atoms with Crippen molar-refractivity contribution in [2.45, 2.75) is 31.3 Å². The van der Waals surface area contributed by atoms with E-state index >= 15 is 0 Å². The molecule has 4 nitrogen and oxygen atoms in total. The first-order chi connectivity index (χ1) is 13.7. The maximum Gasteiger partial charge on any atom is 0.273 e. The Labute approximate surface area is 168 Å². The molecule has 0 atom stereocenters. The van der Waals surface area contributed by atoms with Crippen LogP contribution in [0, 0.1) is 0 Å². The van der Waals surface area contributed by atoms with Gasteiger partial charge in [-0.2, -0.15) is 0 Å². The SMILES string of the molecule is O=C(c1csc(-c2ccccc2)n1)N1CCC2(CCc3ccccc3O2)CC1. The number of hydrogen-bond donors (Lipinski definition) is 0. The molecule has 0 unspecified atom stereocenters. The van der Waals surface area contributed by atoms with E-state index in [1.165, 1.54) is 16.9 Å². The number of benzene rings is 2. The Balaban J connectivity index is 1.26. The largest absolute Gasteiger partial charge is 0.487 e. The van der Waals surface area contributed by atoms with Gasteiger partial charge < -0.3 is 9.64 Å². The normalized spacial score (nSPS) is 17.8. The zero-order valence-corrected chi connectivity index (χ0v) is 16.5. The molecule has 2 aromatic carbocycles. The smallest absolute Gasteiger partial charge is 0.273 e. The molecule has 2 aliphatic rings. The van der Waals surface area contributed by atoms with Crippen LogP contribution in [0.25, 0.3) is 10.6 Å². The average Bonchev–Trinajstić information content (AvgIpc) is 3.25. The summed E-state index contributed by atoms with van der Waals surface area (Å²) in [5, 5.41) is 2.77. The van der Waals surface area contributed by atoms with E-state index < -0.39 is 0 Å². The highest BCUT2D eigenvalue weighted by molar-refractivity contribution is 7.13. The van der Waals surface area contributed by atoms with Crippen molar-refractivity contribution in [3.8, 4) is 16.3 Å². The molecule has 1 saturated heterocycles. The fraction of sp³-hybridized carbons (Fsp3) is 0.304. The van der Waals surface area contributed by atoms with Gasteiger partial charge in [0.1, 0.15) is 22.1 Å². The number of carbonyl (C=O) groups excluding carboxylic acids is 1. The van der Waals surface area contributed by atoms with Crippen molar-refractivity contribution in [3.05, 3.63) is 71.2 Å². The Morgan fingerprint density at radius 3 is 2.57 bits per heavy atom. The summed E-state index contributed by atoms with van der Waals surface area (Å²) in [6.07, 6.45) is 3.84. The van der Waals surface area contributed by atoms with Crippen molar-refractivity contribution in [2.24, 2.45) is 0 Å². The van der Waals surface area contributed by atoms with E-state index in [4.69, 9.17) is 4.74 Å². The summed E-state index contributed by atoms with van der Waals surface area (Å²) in [6, 6.07) is 18.3. The van der Waals surface area contributed by atoms with Gasteiger partial charge in [-0.3, -0.25) is 4.79 Å². The number of aromatic nitrogens is 1. The number of ether oxygens (including phenoxy) is 1. The summed E-state index contributed by atoms with van der Waals surface area (Å²) in [5.41, 5.74) is 2.78. The molecule has 1 amide bonds. The lowest BCUT2D eigenvalue weighted by Gasteiger charge is -2.44. The lowest BCUT2D eigenvalue weighted by Crippen LogP contribution is -2.51. The molecule has 28 heavy (non-hydrogen) atoms. The first kappa shape index (κ1) is 17.4. The maximum atomic E-state index is 12.9. The Hall–Kier alpha value is -2.66. The number of hydrogen-bond acceptors (Lipinski definition) is 4. The molecule has 0 radical (unpaired) electrons. The average molecular weight is 391 g/mol. The van der Waals surface area contributed by atoms with Crippen LogP contribution in [0.4, 0.5) is 0 Å². The maximum absolute atomic E-state index is 12.9. The topological polar surface area (TPSA) is 42.4 Å². The number of carbonyl (C=O) groups is 1. The van der Waals surface area contributed by atoms with Crippen LogP contribution in [0.1, 0.15) is 35.3 Å². The van der Waals surface area contributed by atoms with Crippen LogP contribution >= 0.6 is 11.3 Å². The minimum absolute atomic E-state index is 0.0319. The molecule has 5 heteroatoms. The fourth-order valence-electron chi connectivity index (χ4n) is 4.17. The number of rotatable bonds is 2. The van der Waals surface area contributed by atoms with E-state index in [0.717, 1.165) is 55.1 Å². The van der Waals surface area contributed by atoms with E-state index in [2.05, 4.69) is 23.2 Å². The molecule has 1 fully saturated rings. The summed E-state index contributed by atoms with van der Waals surface area (Å²) >= 11 is 1.53. The number of likely N-dealkylation sites (tertiary alicyclic amines) is 1. The molecule has 3 heterocycles. The summed E-state index contributed by atoms with van der Waals surface area (Å²) in [5.74, 6) is 1.05. The highest BCUT2D eigenvalue weighted by Gasteiger charge is 2.40. The van der Waals surface area contributed by atoms with Crippen LogP contribution in [-0.4, -0.2) is 34.5 Å². The van der Waals surface area contributed by atoms with Gasteiger partial charge in [0.25, 0.3) is 5.91 Å². The highest BCUT2D eigenvalue weighted by atomic mass is 32.1. The third-order valence-corrected chi connectivity index (χ3v) is 6.75. The summed E-state index contributed by atoms with van der Waals surface area (Å²) in [6.45, 7) is 1.44. The summed E-state index contributed by atoms with van der Waals surface area (Å²) in [7, 11) is 0. The molecule has 3 aromatic rings. The van der Waals surface area contributed by atoms with Gasteiger partial charge >= 0.3 is 0 Å². The molecular formula is C23H22N2O2S. The number of fused-ring (bicyclic) bond motifs is 1. The number of amides is 1. The first-order valence-electron chi connectivity index (χ1n) is 9.80. The zero-order valence-electron chi connectivity index (χ0n) is 15.6. The van der Waals surface area contributed by atoms with Gasteiger partial charge in [-0.25, -0.2) is 4.98 Å². The molecule has 1 aromatic heterocycles. The molecule has 0 saturated carbocycles. The molecule has 0 bridgehead atoms. The van der Waals surface area contributed by atoms with Crippen LogP contribution in [0.3, 0.4) is 0 Å². The predicted molar refractivity (Wildman–Crippen MR) is 111 cm³/mol. The lowest BCUT2D eigenvalue weighted by atomic mass is 9.83. The number of piperidine rings is 1. The Morgan fingerprint density at radius 2 is 1.75 bits per heavy atom. The number of thiazole rings is 1. The van der Waals surface area contributed by atoms with Crippen LogP contribution < -0.4 is 4.74 Å². The number of nitrogens with zero attached hydrogens (tertiary/aromatic N) is 2. The molecule has 5 rings (SSSR count). The molecule has 2 aliphatic heterocycles. The quantitative estimate of drug-likeness (QED) is 0.631. The lowest BCUT2D eigenvalue weighted by molar-refractivity contribution is -0.0108. The predicted octanol–water partition coefficient (Wildman–Crippen LogP) is 4.81. The van der Waals surface area contributed by atoms with Gasteiger partial charge in [-0.1, -0.05) is 48.5 Å². The van der Waals surface area contributed by atoms with Gasteiger partial charge in [-0.15, -0.1) is 11.3 Å². The van der Waals surface area contributed by atoms with Gasteiger partial charge in [0.2, 0.25) is 0 Å².